The van der Waals surface area contributed by atoms with Gasteiger partial charge in [-0.25, -0.2) is 15.0 Å². The van der Waals surface area contributed by atoms with Gasteiger partial charge in [-0.05, 0) is 81.2 Å². The van der Waals surface area contributed by atoms with Crippen molar-refractivity contribution in [2.45, 2.75) is 15.2 Å². The van der Waals surface area contributed by atoms with Crippen LogP contribution in [-0.2, 0) is 5.41 Å². The molecule has 0 saturated heterocycles. The van der Waals surface area contributed by atoms with Crippen LogP contribution in [-0.4, -0.2) is 15.0 Å². The Bertz CT molecular complexity index is 3530. The molecule has 4 heteroatoms. The van der Waals surface area contributed by atoms with Crippen molar-refractivity contribution in [2.75, 3.05) is 0 Å². The van der Waals surface area contributed by atoms with E-state index in [4.69, 9.17) is 15.0 Å². The fraction of sp³-hybridized carbons (Fsp3) is 0.0179. The number of hydrogen-bond donors (Lipinski definition) is 0. The summed E-state index contributed by atoms with van der Waals surface area (Å²) < 4.78 is 0. The summed E-state index contributed by atoms with van der Waals surface area (Å²) in [7, 11) is 0. The summed E-state index contributed by atoms with van der Waals surface area (Å²) in [5.41, 5.74) is 16.2. The van der Waals surface area contributed by atoms with Crippen LogP contribution in [0.4, 0.5) is 0 Å². The molecule has 0 bridgehead atoms. The normalized spacial score (nSPS) is 13.4. The highest BCUT2D eigenvalue weighted by molar-refractivity contribution is 7.99. The molecule has 13 rings (SSSR count). The molecule has 1 aliphatic carbocycles. The van der Waals surface area contributed by atoms with Crippen LogP contribution in [0.3, 0.4) is 0 Å². The van der Waals surface area contributed by atoms with E-state index >= 15 is 0 Å². The van der Waals surface area contributed by atoms with E-state index in [9.17, 15) is 0 Å². The second kappa shape index (κ2) is 12.8. The van der Waals surface area contributed by atoms with E-state index in [1.54, 1.807) is 0 Å². The SMILES string of the molecule is c1ccc(-c2ccc3ccc4ccc(-c5ccc6nc(-c7ccccc7)c7cc8c(cc7c6c5)Sc5ccccc5C85c6ccccc6-c6ccccc65)nc4c3n2)cc1. The van der Waals surface area contributed by atoms with Crippen molar-refractivity contribution in [3.8, 4) is 44.9 Å². The van der Waals surface area contributed by atoms with Crippen molar-refractivity contribution >= 4 is 55.2 Å². The van der Waals surface area contributed by atoms with Crippen LogP contribution >= 0.6 is 11.8 Å². The maximum atomic E-state index is 5.50. The second-order valence-electron chi connectivity index (χ2n) is 15.9. The third kappa shape index (κ3) is 4.77. The number of hydrogen-bond acceptors (Lipinski definition) is 4. The molecular weight excluding hydrogens is 747 g/mol. The Labute approximate surface area is 351 Å². The van der Waals surface area contributed by atoms with Gasteiger partial charge in [-0.15, -0.1) is 0 Å². The van der Waals surface area contributed by atoms with E-state index in [1.165, 1.54) is 48.6 Å². The minimum atomic E-state index is -0.477. The molecule has 0 unspecified atom stereocenters. The zero-order valence-electron chi connectivity index (χ0n) is 32.3. The van der Waals surface area contributed by atoms with E-state index in [-0.39, 0.29) is 0 Å². The van der Waals surface area contributed by atoms with Gasteiger partial charge in [0.15, 0.2) is 0 Å². The van der Waals surface area contributed by atoms with Gasteiger partial charge in [-0.2, -0.15) is 0 Å². The van der Waals surface area contributed by atoms with Gasteiger partial charge in [0.05, 0.1) is 39.0 Å². The molecule has 2 aliphatic rings. The van der Waals surface area contributed by atoms with E-state index in [0.29, 0.717) is 0 Å². The average molecular weight is 780 g/mol. The molecule has 0 N–H and O–H groups in total. The molecule has 0 fully saturated rings. The van der Waals surface area contributed by atoms with Crippen LogP contribution in [0.1, 0.15) is 22.3 Å². The topological polar surface area (TPSA) is 38.7 Å². The summed E-state index contributed by atoms with van der Waals surface area (Å²) in [6.07, 6.45) is 0. The molecule has 0 atom stereocenters. The van der Waals surface area contributed by atoms with Gasteiger partial charge < -0.3 is 0 Å². The largest absolute Gasteiger partial charge is 0.247 e. The van der Waals surface area contributed by atoms with E-state index < -0.39 is 5.41 Å². The van der Waals surface area contributed by atoms with E-state index in [0.717, 1.165) is 71.9 Å². The van der Waals surface area contributed by atoms with Gasteiger partial charge in [0.25, 0.3) is 0 Å². The molecule has 1 aliphatic heterocycles. The van der Waals surface area contributed by atoms with Crippen LogP contribution < -0.4 is 0 Å². The fourth-order valence-electron chi connectivity index (χ4n) is 10.0. The maximum Gasteiger partial charge on any atom is 0.0972 e. The minimum Gasteiger partial charge on any atom is -0.247 e. The van der Waals surface area contributed by atoms with Gasteiger partial charge in [-0.1, -0.05) is 169 Å². The third-order valence-electron chi connectivity index (χ3n) is 12.7. The van der Waals surface area contributed by atoms with Crippen LogP contribution in [0.2, 0.25) is 0 Å². The number of benzene rings is 8. The summed E-state index contributed by atoms with van der Waals surface area (Å²) in [6, 6.07) is 72.5. The summed E-state index contributed by atoms with van der Waals surface area (Å²) in [5, 5.41) is 5.57. The molecule has 0 radical (unpaired) electrons. The lowest BCUT2D eigenvalue weighted by Gasteiger charge is -2.40. The molecule has 8 aromatic carbocycles. The Morgan fingerprint density at radius 1 is 0.350 bits per heavy atom. The van der Waals surface area contributed by atoms with Gasteiger partial charge >= 0.3 is 0 Å². The highest BCUT2D eigenvalue weighted by Crippen LogP contribution is 2.62. The number of pyridine rings is 3. The molecule has 0 amide bonds. The fourth-order valence-corrected chi connectivity index (χ4v) is 11.2. The van der Waals surface area contributed by atoms with Crippen molar-refractivity contribution in [1.29, 1.82) is 0 Å². The average Bonchev–Trinajstić information content (AvgIpc) is 3.61. The zero-order chi connectivity index (χ0) is 39.4. The minimum absolute atomic E-state index is 0.477. The molecule has 1 spiro atoms. The first-order chi connectivity index (χ1) is 29.7. The number of rotatable bonds is 3. The Kier molecular flexibility index (Phi) is 7.16. The molecule has 60 heavy (non-hydrogen) atoms. The Morgan fingerprint density at radius 2 is 0.917 bits per heavy atom. The monoisotopic (exact) mass is 779 g/mol. The van der Waals surface area contributed by atoms with Gasteiger partial charge in [0, 0.05) is 48.0 Å². The van der Waals surface area contributed by atoms with Gasteiger partial charge in [-0.3, -0.25) is 0 Å². The summed E-state index contributed by atoms with van der Waals surface area (Å²) >= 11 is 1.88. The lowest BCUT2D eigenvalue weighted by Crippen LogP contribution is -2.32. The molecule has 11 aromatic rings. The smallest absolute Gasteiger partial charge is 0.0972 e. The molecular formula is C56H33N3S. The number of nitrogens with zero attached hydrogens (tertiary/aromatic N) is 3. The van der Waals surface area contributed by atoms with Crippen LogP contribution in [0.25, 0.3) is 88.4 Å². The third-order valence-corrected chi connectivity index (χ3v) is 13.8. The zero-order valence-corrected chi connectivity index (χ0v) is 33.1. The van der Waals surface area contributed by atoms with Crippen molar-refractivity contribution < 1.29 is 0 Å². The predicted octanol–water partition coefficient (Wildman–Crippen LogP) is 14.3. The molecule has 0 saturated carbocycles. The first-order valence-electron chi connectivity index (χ1n) is 20.4. The summed E-state index contributed by atoms with van der Waals surface area (Å²) in [5.74, 6) is 0. The lowest BCUT2D eigenvalue weighted by molar-refractivity contribution is 0.724. The standard InChI is InChI=1S/C56H33N3S/c1-3-13-34(14-4-1)48-28-25-36-23-24-37-26-29-49(58-55(37)54(36)57-48)38-27-30-50-42(31-38)41-33-52-47(32-43(41)53(59-50)35-15-5-2-6-16-35)56(46-21-11-12-22-51(46)60-52)44-19-9-7-17-39(44)40-18-8-10-20-45(40)56/h1-33H. The van der Waals surface area contributed by atoms with E-state index in [2.05, 4.69) is 194 Å². The highest BCUT2D eigenvalue weighted by Gasteiger charge is 2.50. The van der Waals surface area contributed by atoms with Crippen LogP contribution in [0, 0.1) is 0 Å². The summed E-state index contributed by atoms with van der Waals surface area (Å²) in [4.78, 5) is 18.6. The Morgan fingerprint density at radius 3 is 1.60 bits per heavy atom. The predicted molar refractivity (Wildman–Crippen MR) is 248 cm³/mol. The van der Waals surface area contributed by atoms with E-state index in [1.807, 2.05) is 17.8 Å². The Balaban J connectivity index is 1.07. The number of fused-ring (bicyclic) bond motifs is 15. The van der Waals surface area contributed by atoms with Crippen molar-refractivity contribution in [3.63, 3.8) is 0 Å². The molecule has 278 valence electrons. The highest BCUT2D eigenvalue weighted by atomic mass is 32.2. The maximum absolute atomic E-state index is 5.50. The van der Waals surface area contributed by atoms with Gasteiger partial charge in [0.2, 0.25) is 0 Å². The Hall–Kier alpha value is -7.40. The first-order valence-corrected chi connectivity index (χ1v) is 21.2. The first kappa shape index (κ1) is 33.6. The second-order valence-corrected chi connectivity index (χ2v) is 16.9. The van der Waals surface area contributed by atoms with Gasteiger partial charge in [0.1, 0.15) is 0 Å². The molecule has 4 heterocycles. The number of aromatic nitrogens is 3. The summed E-state index contributed by atoms with van der Waals surface area (Å²) in [6.45, 7) is 0. The lowest BCUT2D eigenvalue weighted by atomic mass is 9.67. The quantitative estimate of drug-likeness (QED) is 0.167. The van der Waals surface area contributed by atoms with Crippen LogP contribution in [0.5, 0.6) is 0 Å². The molecule has 3 aromatic heterocycles. The van der Waals surface area contributed by atoms with Crippen molar-refractivity contribution in [2.24, 2.45) is 0 Å². The van der Waals surface area contributed by atoms with Crippen molar-refractivity contribution in [1.82, 2.24) is 15.0 Å². The molecule has 3 nitrogen and oxygen atoms in total. The van der Waals surface area contributed by atoms with Crippen molar-refractivity contribution in [3.05, 3.63) is 222 Å². The van der Waals surface area contributed by atoms with Crippen LogP contribution in [0.15, 0.2) is 210 Å².